The SMILES string of the molecule is CC(Oc1ccccc1C=O)C(=O)NC(N)=O. The number of rotatable bonds is 4. The summed E-state index contributed by atoms with van der Waals surface area (Å²) in [5, 5.41) is 1.89. The molecule has 0 radical (unpaired) electrons. The van der Waals surface area contributed by atoms with Gasteiger partial charge in [0.15, 0.2) is 12.4 Å². The van der Waals surface area contributed by atoms with Crippen molar-refractivity contribution in [2.24, 2.45) is 5.73 Å². The van der Waals surface area contributed by atoms with Crippen molar-refractivity contribution in [3.8, 4) is 5.75 Å². The normalized spacial score (nSPS) is 11.4. The van der Waals surface area contributed by atoms with E-state index >= 15 is 0 Å². The number of carbonyl (C=O) groups excluding carboxylic acids is 3. The standard InChI is InChI=1S/C11H12N2O4/c1-7(10(15)13-11(12)16)17-9-5-3-2-4-8(9)6-14/h2-7H,1H3,(H3,12,13,15,16). The summed E-state index contributed by atoms with van der Waals surface area (Å²) in [6, 6.07) is 5.50. The molecule has 90 valence electrons. The second kappa shape index (κ2) is 5.64. The molecule has 0 aliphatic heterocycles. The van der Waals surface area contributed by atoms with E-state index in [2.05, 4.69) is 0 Å². The van der Waals surface area contributed by atoms with Gasteiger partial charge < -0.3 is 10.5 Å². The maximum Gasteiger partial charge on any atom is 0.318 e. The van der Waals surface area contributed by atoms with E-state index in [1.165, 1.54) is 6.92 Å². The highest BCUT2D eigenvalue weighted by Crippen LogP contribution is 2.17. The molecule has 0 fully saturated rings. The Bertz CT molecular complexity index is 445. The summed E-state index contributed by atoms with van der Waals surface area (Å²) in [4.78, 5) is 32.5. The third kappa shape index (κ3) is 3.60. The molecule has 1 aromatic rings. The predicted molar refractivity (Wildman–Crippen MR) is 59.6 cm³/mol. The Hall–Kier alpha value is -2.37. The number of nitrogens with two attached hydrogens (primary N) is 1. The number of nitrogens with one attached hydrogen (secondary N) is 1. The number of urea groups is 1. The highest BCUT2D eigenvalue weighted by molar-refractivity contribution is 5.95. The number of benzene rings is 1. The molecule has 0 aromatic heterocycles. The molecule has 6 heteroatoms. The fraction of sp³-hybridized carbons (Fsp3) is 0.182. The van der Waals surface area contributed by atoms with Gasteiger partial charge in [-0.15, -0.1) is 0 Å². The van der Waals surface area contributed by atoms with Gasteiger partial charge in [0, 0.05) is 0 Å². The summed E-state index contributed by atoms with van der Waals surface area (Å²) < 4.78 is 5.25. The van der Waals surface area contributed by atoms with Crippen LogP contribution >= 0.6 is 0 Å². The Morgan fingerprint density at radius 2 is 2.06 bits per heavy atom. The summed E-state index contributed by atoms with van der Waals surface area (Å²) >= 11 is 0. The zero-order valence-electron chi connectivity index (χ0n) is 9.17. The lowest BCUT2D eigenvalue weighted by Crippen LogP contribution is -2.42. The molecule has 1 aromatic carbocycles. The highest BCUT2D eigenvalue weighted by Gasteiger charge is 2.17. The number of imide groups is 1. The maximum atomic E-state index is 11.3. The molecule has 1 rings (SSSR count). The Balaban J connectivity index is 2.73. The lowest BCUT2D eigenvalue weighted by Gasteiger charge is -2.14. The van der Waals surface area contributed by atoms with Crippen molar-refractivity contribution in [2.75, 3.05) is 0 Å². The average molecular weight is 236 g/mol. The lowest BCUT2D eigenvalue weighted by molar-refractivity contribution is -0.126. The van der Waals surface area contributed by atoms with Crippen molar-refractivity contribution in [3.63, 3.8) is 0 Å². The largest absolute Gasteiger partial charge is 0.480 e. The minimum atomic E-state index is -0.950. The van der Waals surface area contributed by atoms with Crippen LogP contribution in [-0.2, 0) is 4.79 Å². The minimum Gasteiger partial charge on any atom is -0.480 e. The molecule has 0 bridgehead atoms. The van der Waals surface area contributed by atoms with Crippen LogP contribution in [0.4, 0.5) is 4.79 Å². The van der Waals surface area contributed by atoms with Crippen molar-refractivity contribution in [1.29, 1.82) is 0 Å². The number of carbonyl (C=O) groups is 3. The molecule has 0 heterocycles. The number of hydrogen-bond donors (Lipinski definition) is 2. The topological polar surface area (TPSA) is 98.5 Å². The summed E-state index contributed by atoms with van der Waals surface area (Å²) in [7, 11) is 0. The second-order valence-electron chi connectivity index (χ2n) is 3.27. The van der Waals surface area contributed by atoms with Crippen LogP contribution in [0.1, 0.15) is 17.3 Å². The number of amides is 3. The van der Waals surface area contributed by atoms with E-state index in [1.54, 1.807) is 24.3 Å². The molecular weight excluding hydrogens is 224 g/mol. The zero-order chi connectivity index (χ0) is 12.8. The van der Waals surface area contributed by atoms with Crippen molar-refractivity contribution >= 4 is 18.2 Å². The fourth-order valence-corrected chi connectivity index (χ4v) is 1.15. The van der Waals surface area contributed by atoms with Gasteiger partial charge in [-0.1, -0.05) is 12.1 Å². The third-order valence-corrected chi connectivity index (χ3v) is 1.97. The molecule has 1 unspecified atom stereocenters. The number of hydrogen-bond acceptors (Lipinski definition) is 4. The summed E-state index contributed by atoms with van der Waals surface area (Å²) in [6.07, 6.45) is -0.308. The van der Waals surface area contributed by atoms with E-state index in [0.717, 1.165) is 0 Å². The van der Waals surface area contributed by atoms with Gasteiger partial charge in [-0.05, 0) is 19.1 Å². The number of aldehydes is 1. The van der Waals surface area contributed by atoms with Crippen molar-refractivity contribution in [1.82, 2.24) is 5.32 Å². The van der Waals surface area contributed by atoms with E-state index in [9.17, 15) is 14.4 Å². The van der Waals surface area contributed by atoms with E-state index < -0.39 is 18.0 Å². The Labute approximate surface area is 97.7 Å². The molecule has 0 aliphatic rings. The number of para-hydroxylation sites is 1. The van der Waals surface area contributed by atoms with Gasteiger partial charge in [-0.3, -0.25) is 14.9 Å². The van der Waals surface area contributed by atoms with E-state index in [-0.39, 0.29) is 5.75 Å². The molecule has 1 atom stereocenters. The smallest absolute Gasteiger partial charge is 0.318 e. The highest BCUT2D eigenvalue weighted by atomic mass is 16.5. The van der Waals surface area contributed by atoms with Crippen LogP contribution in [0.15, 0.2) is 24.3 Å². The Morgan fingerprint density at radius 1 is 1.41 bits per heavy atom. The van der Waals surface area contributed by atoms with E-state index in [4.69, 9.17) is 10.5 Å². The summed E-state index contributed by atoms with van der Waals surface area (Å²) in [5.74, 6) is -0.396. The molecule has 17 heavy (non-hydrogen) atoms. The van der Waals surface area contributed by atoms with Gasteiger partial charge in [-0.2, -0.15) is 0 Å². The van der Waals surface area contributed by atoms with Gasteiger partial charge in [0.05, 0.1) is 5.56 Å². The molecule has 0 spiro atoms. The number of primary amides is 1. The molecule has 0 saturated carbocycles. The van der Waals surface area contributed by atoms with Crippen LogP contribution in [-0.4, -0.2) is 24.3 Å². The first-order chi connectivity index (χ1) is 8.04. The molecule has 0 aliphatic carbocycles. The van der Waals surface area contributed by atoms with Gasteiger partial charge in [0.2, 0.25) is 0 Å². The first-order valence-corrected chi connectivity index (χ1v) is 4.85. The molecule has 6 nitrogen and oxygen atoms in total. The summed E-state index contributed by atoms with van der Waals surface area (Å²) in [5.41, 5.74) is 5.12. The average Bonchev–Trinajstić information content (AvgIpc) is 2.28. The molecule has 0 saturated heterocycles. The lowest BCUT2D eigenvalue weighted by atomic mass is 10.2. The molecular formula is C11H12N2O4. The van der Waals surface area contributed by atoms with E-state index in [0.29, 0.717) is 11.8 Å². The molecule has 3 amide bonds. The zero-order valence-corrected chi connectivity index (χ0v) is 9.17. The quantitative estimate of drug-likeness (QED) is 0.742. The van der Waals surface area contributed by atoms with E-state index in [1.807, 2.05) is 5.32 Å². The first-order valence-electron chi connectivity index (χ1n) is 4.85. The predicted octanol–water partition coefficient (Wildman–Crippen LogP) is 0.461. The Morgan fingerprint density at radius 3 is 2.65 bits per heavy atom. The van der Waals surface area contributed by atoms with Crippen LogP contribution in [0.3, 0.4) is 0 Å². The third-order valence-electron chi connectivity index (χ3n) is 1.97. The monoisotopic (exact) mass is 236 g/mol. The summed E-state index contributed by atoms with van der Waals surface area (Å²) in [6.45, 7) is 1.44. The van der Waals surface area contributed by atoms with Crippen LogP contribution in [0.5, 0.6) is 5.75 Å². The van der Waals surface area contributed by atoms with Crippen LogP contribution in [0, 0.1) is 0 Å². The van der Waals surface area contributed by atoms with Crippen molar-refractivity contribution in [2.45, 2.75) is 13.0 Å². The van der Waals surface area contributed by atoms with Gasteiger partial charge in [0.1, 0.15) is 5.75 Å². The van der Waals surface area contributed by atoms with Gasteiger partial charge in [0.25, 0.3) is 5.91 Å². The van der Waals surface area contributed by atoms with Gasteiger partial charge >= 0.3 is 6.03 Å². The van der Waals surface area contributed by atoms with Crippen LogP contribution in [0.25, 0.3) is 0 Å². The van der Waals surface area contributed by atoms with Crippen LogP contribution < -0.4 is 15.8 Å². The Kier molecular flexibility index (Phi) is 4.21. The first kappa shape index (κ1) is 12.7. The molecule has 3 N–H and O–H groups in total. The maximum absolute atomic E-state index is 11.3. The second-order valence-corrected chi connectivity index (χ2v) is 3.27. The number of ether oxygens (including phenoxy) is 1. The fourth-order valence-electron chi connectivity index (χ4n) is 1.15. The van der Waals surface area contributed by atoms with Crippen LogP contribution in [0.2, 0.25) is 0 Å². The minimum absolute atomic E-state index is 0.273. The van der Waals surface area contributed by atoms with Crippen molar-refractivity contribution < 1.29 is 19.1 Å². The van der Waals surface area contributed by atoms with Gasteiger partial charge in [-0.25, -0.2) is 4.79 Å². The van der Waals surface area contributed by atoms with Crippen molar-refractivity contribution in [3.05, 3.63) is 29.8 Å².